The summed E-state index contributed by atoms with van der Waals surface area (Å²) in [6.45, 7) is 0.166. The number of nitrogens with one attached hydrogen (secondary N) is 1. The van der Waals surface area contributed by atoms with Crippen molar-refractivity contribution >= 4 is 44.9 Å². The molecule has 4 aromatic rings. The Kier molecular flexibility index (Phi) is 5.46. The maximum atomic E-state index is 13.3. The number of thiophene rings is 1. The SMILES string of the molecule is COc1ccccc1-n1c(SCC(=O)Nc2ccc3c(c2)OCO3)nc2ccsc2c1=O. The summed E-state index contributed by atoms with van der Waals surface area (Å²) in [7, 11) is 1.55. The molecule has 1 aliphatic rings. The molecule has 2 aromatic carbocycles. The van der Waals surface area contributed by atoms with Crippen LogP contribution in [0.1, 0.15) is 0 Å². The van der Waals surface area contributed by atoms with Gasteiger partial charge in [-0.05, 0) is 35.7 Å². The fourth-order valence-electron chi connectivity index (χ4n) is 3.32. The third-order valence-electron chi connectivity index (χ3n) is 4.76. The normalized spacial score (nSPS) is 12.2. The van der Waals surface area contributed by atoms with Crippen LogP contribution in [-0.2, 0) is 4.79 Å². The van der Waals surface area contributed by atoms with E-state index in [2.05, 4.69) is 10.3 Å². The van der Waals surface area contributed by atoms with Crippen molar-refractivity contribution in [2.45, 2.75) is 5.16 Å². The molecule has 5 rings (SSSR count). The van der Waals surface area contributed by atoms with Gasteiger partial charge in [0.1, 0.15) is 10.4 Å². The molecular weight excluding hydrogens is 450 g/mol. The van der Waals surface area contributed by atoms with Gasteiger partial charge in [0.05, 0.1) is 24.1 Å². The topological polar surface area (TPSA) is 91.7 Å². The second-order valence-corrected chi connectivity index (χ2v) is 8.61. The number of thioether (sulfide) groups is 1. The van der Waals surface area contributed by atoms with Crippen molar-refractivity contribution in [1.82, 2.24) is 9.55 Å². The van der Waals surface area contributed by atoms with Crippen LogP contribution in [0.5, 0.6) is 17.2 Å². The molecular formula is C22H17N3O5S2. The van der Waals surface area contributed by atoms with Gasteiger partial charge in [0, 0.05) is 11.8 Å². The highest BCUT2D eigenvalue weighted by Gasteiger charge is 2.19. The first-order chi connectivity index (χ1) is 15.6. The highest BCUT2D eigenvalue weighted by molar-refractivity contribution is 7.99. The number of carbonyl (C=O) groups is 1. The maximum Gasteiger partial charge on any atom is 0.276 e. The van der Waals surface area contributed by atoms with Crippen molar-refractivity contribution in [3.05, 3.63) is 64.3 Å². The zero-order valence-electron chi connectivity index (χ0n) is 16.9. The number of amides is 1. The largest absolute Gasteiger partial charge is 0.495 e. The van der Waals surface area contributed by atoms with Crippen molar-refractivity contribution in [2.24, 2.45) is 0 Å². The zero-order valence-corrected chi connectivity index (χ0v) is 18.5. The molecule has 162 valence electrons. The van der Waals surface area contributed by atoms with Crippen LogP contribution >= 0.6 is 23.1 Å². The first kappa shape index (κ1) is 20.4. The van der Waals surface area contributed by atoms with Crippen LogP contribution in [0.3, 0.4) is 0 Å². The van der Waals surface area contributed by atoms with E-state index in [-0.39, 0.29) is 24.0 Å². The number of methoxy groups -OCH3 is 1. The van der Waals surface area contributed by atoms with Crippen LogP contribution < -0.4 is 25.1 Å². The summed E-state index contributed by atoms with van der Waals surface area (Å²) in [6, 6.07) is 14.2. The van der Waals surface area contributed by atoms with Crippen molar-refractivity contribution < 1.29 is 19.0 Å². The minimum Gasteiger partial charge on any atom is -0.495 e. The van der Waals surface area contributed by atoms with Gasteiger partial charge >= 0.3 is 0 Å². The summed E-state index contributed by atoms with van der Waals surface area (Å²) in [6.07, 6.45) is 0. The number of anilines is 1. The second-order valence-electron chi connectivity index (χ2n) is 6.75. The van der Waals surface area contributed by atoms with Crippen LogP contribution in [0.2, 0.25) is 0 Å². The number of rotatable bonds is 6. The Bertz CT molecular complexity index is 1380. The van der Waals surface area contributed by atoms with Crippen molar-refractivity contribution in [2.75, 3.05) is 25.0 Å². The molecule has 2 aromatic heterocycles. The Morgan fingerprint density at radius 1 is 1.22 bits per heavy atom. The van der Waals surface area contributed by atoms with E-state index in [4.69, 9.17) is 14.2 Å². The minimum absolute atomic E-state index is 0.0612. The van der Waals surface area contributed by atoms with Crippen LogP contribution in [0.15, 0.2) is 63.9 Å². The molecule has 0 bridgehead atoms. The van der Waals surface area contributed by atoms with E-state index in [1.165, 1.54) is 27.7 Å². The molecule has 1 N–H and O–H groups in total. The van der Waals surface area contributed by atoms with Crippen LogP contribution in [-0.4, -0.2) is 35.1 Å². The van der Waals surface area contributed by atoms with Gasteiger partial charge in [-0.1, -0.05) is 23.9 Å². The molecule has 0 aliphatic carbocycles. The number of para-hydroxylation sites is 2. The quantitative estimate of drug-likeness (QED) is 0.339. The van der Waals surface area contributed by atoms with Crippen molar-refractivity contribution in [3.8, 4) is 22.9 Å². The standard InChI is InChI=1S/C22H17N3O5S2/c1-28-16-5-3-2-4-15(16)25-21(27)20-14(8-9-31-20)24-22(25)32-11-19(26)23-13-6-7-17-18(10-13)30-12-29-17/h2-10H,11-12H2,1H3,(H,23,26). The van der Waals surface area contributed by atoms with Gasteiger partial charge in [-0.2, -0.15) is 0 Å². The third kappa shape index (κ3) is 3.78. The number of nitrogens with zero attached hydrogens (tertiary/aromatic N) is 2. The third-order valence-corrected chi connectivity index (χ3v) is 6.59. The number of aromatic nitrogens is 2. The molecule has 1 aliphatic heterocycles. The Hall–Kier alpha value is -3.50. The van der Waals surface area contributed by atoms with Gasteiger partial charge in [-0.15, -0.1) is 11.3 Å². The molecule has 0 radical (unpaired) electrons. The molecule has 0 fully saturated rings. The first-order valence-electron chi connectivity index (χ1n) is 9.60. The number of carbonyl (C=O) groups excluding carboxylic acids is 1. The fourth-order valence-corrected chi connectivity index (χ4v) is 4.88. The van der Waals surface area contributed by atoms with Gasteiger partial charge in [0.2, 0.25) is 12.7 Å². The number of hydrogen-bond donors (Lipinski definition) is 1. The van der Waals surface area contributed by atoms with Gasteiger partial charge in [0.15, 0.2) is 16.7 Å². The smallest absolute Gasteiger partial charge is 0.276 e. The second kappa shape index (κ2) is 8.56. The maximum absolute atomic E-state index is 13.3. The number of ether oxygens (including phenoxy) is 3. The Balaban J connectivity index is 1.43. The number of benzene rings is 2. The molecule has 0 spiro atoms. The number of fused-ring (bicyclic) bond motifs is 2. The average molecular weight is 468 g/mol. The molecule has 10 heteroatoms. The lowest BCUT2D eigenvalue weighted by molar-refractivity contribution is -0.113. The number of hydrogen-bond acceptors (Lipinski definition) is 8. The molecule has 0 unspecified atom stereocenters. The molecule has 32 heavy (non-hydrogen) atoms. The highest BCUT2D eigenvalue weighted by Crippen LogP contribution is 2.34. The lowest BCUT2D eigenvalue weighted by Crippen LogP contribution is -2.22. The molecule has 8 nitrogen and oxygen atoms in total. The summed E-state index contributed by atoms with van der Waals surface area (Å²) in [5.41, 5.74) is 1.57. The fraction of sp³-hybridized carbons (Fsp3) is 0.136. The van der Waals surface area contributed by atoms with Gasteiger partial charge < -0.3 is 19.5 Å². The average Bonchev–Trinajstić information content (AvgIpc) is 3.47. The van der Waals surface area contributed by atoms with E-state index >= 15 is 0 Å². The van der Waals surface area contributed by atoms with E-state index in [0.29, 0.717) is 44.0 Å². The van der Waals surface area contributed by atoms with E-state index in [1.807, 2.05) is 17.5 Å². The monoisotopic (exact) mass is 467 g/mol. The lowest BCUT2D eigenvalue weighted by Gasteiger charge is -2.14. The predicted molar refractivity (Wildman–Crippen MR) is 124 cm³/mol. The van der Waals surface area contributed by atoms with Crippen molar-refractivity contribution in [3.63, 3.8) is 0 Å². The molecule has 1 amide bonds. The van der Waals surface area contributed by atoms with Crippen molar-refractivity contribution in [1.29, 1.82) is 0 Å². The van der Waals surface area contributed by atoms with Crippen LogP contribution in [0.25, 0.3) is 15.9 Å². The molecule has 0 saturated heterocycles. The highest BCUT2D eigenvalue weighted by atomic mass is 32.2. The van der Waals surface area contributed by atoms with E-state index in [0.717, 1.165) is 0 Å². The van der Waals surface area contributed by atoms with Crippen LogP contribution in [0, 0.1) is 0 Å². The van der Waals surface area contributed by atoms with Gasteiger partial charge in [0.25, 0.3) is 5.56 Å². The zero-order chi connectivity index (χ0) is 22.1. The molecule has 0 saturated carbocycles. The summed E-state index contributed by atoms with van der Waals surface area (Å²) in [5.74, 6) is 1.60. The predicted octanol–water partition coefficient (Wildman–Crippen LogP) is 3.92. The summed E-state index contributed by atoms with van der Waals surface area (Å²) in [5, 5.41) is 5.07. The minimum atomic E-state index is -0.236. The molecule has 0 atom stereocenters. The van der Waals surface area contributed by atoms with E-state index in [9.17, 15) is 9.59 Å². The summed E-state index contributed by atoms with van der Waals surface area (Å²) < 4.78 is 18.1. The Morgan fingerprint density at radius 2 is 2.06 bits per heavy atom. The van der Waals surface area contributed by atoms with E-state index in [1.54, 1.807) is 43.5 Å². The lowest BCUT2D eigenvalue weighted by atomic mass is 10.3. The summed E-state index contributed by atoms with van der Waals surface area (Å²) in [4.78, 5) is 30.5. The Labute approximate surface area is 190 Å². The Morgan fingerprint density at radius 3 is 2.94 bits per heavy atom. The first-order valence-corrected chi connectivity index (χ1v) is 11.5. The van der Waals surface area contributed by atoms with Gasteiger partial charge in [-0.3, -0.25) is 14.2 Å². The molecule has 3 heterocycles. The van der Waals surface area contributed by atoms with E-state index < -0.39 is 0 Å². The summed E-state index contributed by atoms with van der Waals surface area (Å²) >= 11 is 2.51. The van der Waals surface area contributed by atoms with Crippen LogP contribution in [0.4, 0.5) is 5.69 Å². The van der Waals surface area contributed by atoms with Gasteiger partial charge in [-0.25, -0.2) is 4.98 Å².